The van der Waals surface area contributed by atoms with Gasteiger partial charge in [-0.25, -0.2) is 4.79 Å². The van der Waals surface area contributed by atoms with Gasteiger partial charge >= 0.3 is 5.97 Å². The lowest BCUT2D eigenvalue weighted by atomic mass is 9.91. The normalized spacial score (nSPS) is 18.7. The summed E-state index contributed by atoms with van der Waals surface area (Å²) >= 11 is 0. The molecule has 0 spiro atoms. The van der Waals surface area contributed by atoms with Gasteiger partial charge in [0.2, 0.25) is 0 Å². The molecule has 138 valence electrons. The van der Waals surface area contributed by atoms with Gasteiger partial charge in [0.15, 0.2) is 5.69 Å². The van der Waals surface area contributed by atoms with Crippen LogP contribution in [0.5, 0.6) is 5.75 Å². The molecule has 1 aromatic heterocycles. The van der Waals surface area contributed by atoms with Gasteiger partial charge in [0, 0.05) is 30.4 Å². The van der Waals surface area contributed by atoms with Gasteiger partial charge in [-0.15, -0.1) is 0 Å². The number of carboxylic acids is 1. The first-order chi connectivity index (χ1) is 12.7. The number of rotatable bonds is 5. The lowest BCUT2D eigenvalue weighted by Gasteiger charge is -2.25. The van der Waals surface area contributed by atoms with E-state index >= 15 is 0 Å². The van der Waals surface area contributed by atoms with Crippen LogP contribution in [0.3, 0.4) is 0 Å². The molecule has 0 saturated heterocycles. The number of benzene rings is 1. The van der Waals surface area contributed by atoms with E-state index < -0.39 is 5.97 Å². The summed E-state index contributed by atoms with van der Waals surface area (Å²) in [7, 11) is 0. The van der Waals surface area contributed by atoms with E-state index in [9.17, 15) is 9.90 Å². The minimum Gasteiger partial charge on any atom is -0.493 e. The SMILES string of the molecule is CCn1nc(C(=O)O)c2c1CCC(NCc1ccc3c(c1)CCCO3)C2. The maximum atomic E-state index is 11.5. The molecular weight excluding hydrogens is 330 g/mol. The Hall–Kier alpha value is -2.34. The molecule has 2 N–H and O–H groups in total. The molecule has 1 unspecified atom stereocenters. The third-order valence-electron chi connectivity index (χ3n) is 5.42. The van der Waals surface area contributed by atoms with Crippen molar-refractivity contribution in [2.45, 2.75) is 58.2 Å². The number of hydrogen-bond donors (Lipinski definition) is 2. The van der Waals surface area contributed by atoms with E-state index in [1.165, 1.54) is 11.1 Å². The van der Waals surface area contributed by atoms with Crippen LogP contribution in [0.15, 0.2) is 18.2 Å². The average molecular weight is 355 g/mol. The molecule has 1 atom stereocenters. The number of hydrogen-bond acceptors (Lipinski definition) is 4. The number of carboxylic acid groups (broad SMARTS) is 1. The molecule has 1 aliphatic heterocycles. The molecular formula is C20H25N3O3. The number of ether oxygens (including phenoxy) is 1. The summed E-state index contributed by atoms with van der Waals surface area (Å²) in [6.07, 6.45) is 4.76. The van der Waals surface area contributed by atoms with Crippen molar-refractivity contribution < 1.29 is 14.6 Å². The Kier molecular flexibility index (Phi) is 4.68. The highest BCUT2D eigenvalue weighted by molar-refractivity contribution is 5.87. The first-order valence-corrected chi connectivity index (χ1v) is 9.45. The molecule has 4 rings (SSSR count). The predicted octanol–water partition coefficient (Wildman–Crippen LogP) is 2.57. The van der Waals surface area contributed by atoms with Crippen molar-refractivity contribution in [1.29, 1.82) is 0 Å². The first kappa shape index (κ1) is 17.1. The van der Waals surface area contributed by atoms with Crippen molar-refractivity contribution >= 4 is 5.97 Å². The Morgan fingerprint density at radius 1 is 1.42 bits per heavy atom. The number of aromatic nitrogens is 2. The number of aryl methyl sites for hydroxylation is 2. The molecule has 0 bridgehead atoms. The van der Waals surface area contributed by atoms with Crippen LogP contribution in [0, 0.1) is 0 Å². The third-order valence-corrected chi connectivity index (χ3v) is 5.42. The molecule has 0 radical (unpaired) electrons. The topological polar surface area (TPSA) is 76.4 Å². The molecule has 2 heterocycles. The number of aromatic carboxylic acids is 1. The minimum atomic E-state index is -0.927. The minimum absolute atomic E-state index is 0.222. The zero-order chi connectivity index (χ0) is 18.1. The van der Waals surface area contributed by atoms with Gasteiger partial charge in [-0.1, -0.05) is 12.1 Å². The van der Waals surface area contributed by atoms with Gasteiger partial charge in [-0.2, -0.15) is 5.10 Å². The van der Waals surface area contributed by atoms with Crippen LogP contribution in [-0.2, 0) is 32.4 Å². The van der Waals surface area contributed by atoms with E-state index in [0.717, 1.165) is 62.3 Å². The van der Waals surface area contributed by atoms with Crippen LogP contribution < -0.4 is 10.1 Å². The Morgan fingerprint density at radius 3 is 3.12 bits per heavy atom. The van der Waals surface area contributed by atoms with Crippen LogP contribution in [0.25, 0.3) is 0 Å². The molecule has 1 aliphatic carbocycles. The standard InChI is InChI=1S/C20H25N3O3/c1-2-23-17-7-6-15(11-16(17)19(22-23)20(24)25)21-12-13-5-8-18-14(10-13)4-3-9-26-18/h5,8,10,15,21H,2-4,6-7,9,11-12H2,1H3,(H,24,25). The van der Waals surface area contributed by atoms with E-state index in [0.29, 0.717) is 6.54 Å². The van der Waals surface area contributed by atoms with Gasteiger partial charge in [0.1, 0.15) is 5.75 Å². The van der Waals surface area contributed by atoms with E-state index in [1.54, 1.807) is 0 Å². The largest absolute Gasteiger partial charge is 0.493 e. The van der Waals surface area contributed by atoms with Crippen molar-refractivity contribution in [3.8, 4) is 5.75 Å². The van der Waals surface area contributed by atoms with E-state index in [4.69, 9.17) is 4.74 Å². The zero-order valence-electron chi connectivity index (χ0n) is 15.1. The van der Waals surface area contributed by atoms with Gasteiger partial charge < -0.3 is 15.2 Å². The molecule has 2 aromatic rings. The van der Waals surface area contributed by atoms with Crippen molar-refractivity contribution in [3.63, 3.8) is 0 Å². The van der Waals surface area contributed by atoms with E-state index in [-0.39, 0.29) is 11.7 Å². The number of nitrogens with one attached hydrogen (secondary N) is 1. The van der Waals surface area contributed by atoms with Crippen LogP contribution in [0.1, 0.15) is 52.6 Å². The lowest BCUT2D eigenvalue weighted by molar-refractivity contribution is 0.0688. The molecule has 0 fully saturated rings. The summed E-state index contributed by atoms with van der Waals surface area (Å²) < 4.78 is 7.52. The molecule has 2 aliphatic rings. The summed E-state index contributed by atoms with van der Waals surface area (Å²) in [5.41, 5.74) is 4.76. The molecule has 6 nitrogen and oxygen atoms in total. The monoisotopic (exact) mass is 355 g/mol. The summed E-state index contributed by atoms with van der Waals surface area (Å²) in [6, 6.07) is 6.69. The fourth-order valence-electron chi connectivity index (χ4n) is 4.08. The van der Waals surface area contributed by atoms with Gasteiger partial charge in [0.05, 0.1) is 6.61 Å². The van der Waals surface area contributed by atoms with Crippen LogP contribution in [-0.4, -0.2) is 33.5 Å². The summed E-state index contributed by atoms with van der Waals surface area (Å²) in [5, 5.41) is 17.3. The maximum absolute atomic E-state index is 11.5. The third kappa shape index (κ3) is 3.21. The Labute approximate surface area is 153 Å². The quantitative estimate of drug-likeness (QED) is 0.862. The second kappa shape index (κ2) is 7.11. The second-order valence-corrected chi connectivity index (χ2v) is 7.11. The lowest BCUT2D eigenvalue weighted by Crippen LogP contribution is -2.34. The van der Waals surface area contributed by atoms with Crippen molar-refractivity contribution in [1.82, 2.24) is 15.1 Å². The highest BCUT2D eigenvalue weighted by atomic mass is 16.5. The summed E-state index contributed by atoms with van der Waals surface area (Å²) in [4.78, 5) is 11.5. The summed E-state index contributed by atoms with van der Waals surface area (Å²) in [5.74, 6) is 0.0872. The first-order valence-electron chi connectivity index (χ1n) is 9.45. The van der Waals surface area contributed by atoms with Crippen LogP contribution in [0.2, 0.25) is 0 Å². The van der Waals surface area contributed by atoms with Crippen LogP contribution >= 0.6 is 0 Å². The predicted molar refractivity (Wildman–Crippen MR) is 97.8 cm³/mol. The van der Waals surface area contributed by atoms with Crippen LogP contribution in [0.4, 0.5) is 0 Å². The maximum Gasteiger partial charge on any atom is 0.356 e. The molecule has 6 heteroatoms. The van der Waals surface area contributed by atoms with Gasteiger partial charge in [0.25, 0.3) is 0 Å². The number of carbonyl (C=O) groups is 1. The smallest absolute Gasteiger partial charge is 0.356 e. The zero-order valence-corrected chi connectivity index (χ0v) is 15.1. The highest BCUT2D eigenvalue weighted by Gasteiger charge is 2.28. The van der Waals surface area contributed by atoms with Crippen molar-refractivity contribution in [2.75, 3.05) is 6.61 Å². The van der Waals surface area contributed by atoms with E-state index in [2.05, 4.69) is 28.6 Å². The molecule has 1 aromatic carbocycles. The highest BCUT2D eigenvalue weighted by Crippen LogP contribution is 2.27. The number of nitrogens with zero attached hydrogens (tertiary/aromatic N) is 2. The van der Waals surface area contributed by atoms with Gasteiger partial charge in [-0.05, 0) is 56.2 Å². The van der Waals surface area contributed by atoms with Crippen molar-refractivity contribution in [2.24, 2.45) is 0 Å². The summed E-state index contributed by atoms with van der Waals surface area (Å²) in [6.45, 7) is 4.32. The Balaban J connectivity index is 1.45. The molecule has 26 heavy (non-hydrogen) atoms. The second-order valence-electron chi connectivity index (χ2n) is 7.11. The fraction of sp³-hybridized carbons (Fsp3) is 0.500. The fourth-order valence-corrected chi connectivity index (χ4v) is 4.08. The Bertz CT molecular complexity index is 828. The van der Waals surface area contributed by atoms with Gasteiger partial charge in [-0.3, -0.25) is 4.68 Å². The average Bonchev–Trinajstić information content (AvgIpc) is 3.04. The molecule has 0 saturated carbocycles. The molecule has 0 amide bonds. The Morgan fingerprint density at radius 2 is 2.31 bits per heavy atom. The number of fused-ring (bicyclic) bond motifs is 2. The van der Waals surface area contributed by atoms with Crippen molar-refractivity contribution in [3.05, 3.63) is 46.3 Å². The van der Waals surface area contributed by atoms with E-state index in [1.807, 2.05) is 11.6 Å².